The molecule has 11 heavy (non-hydrogen) atoms. The summed E-state index contributed by atoms with van der Waals surface area (Å²) in [6, 6.07) is 0. The SMILES string of the molecule is C=C/C=C\C(=C/C=C)OOC. The van der Waals surface area contributed by atoms with Crippen molar-refractivity contribution in [3.8, 4) is 0 Å². The number of allylic oxidation sites excluding steroid dienone is 5. The van der Waals surface area contributed by atoms with Crippen molar-refractivity contribution in [3.63, 3.8) is 0 Å². The zero-order chi connectivity index (χ0) is 8.53. The summed E-state index contributed by atoms with van der Waals surface area (Å²) in [6.07, 6.45) is 8.41. The number of hydrogen-bond donors (Lipinski definition) is 0. The highest BCUT2D eigenvalue weighted by Crippen LogP contribution is 1.99. The molecule has 0 fully saturated rings. The maximum Gasteiger partial charge on any atom is 0.165 e. The normalized spacial score (nSPS) is 11.5. The lowest BCUT2D eigenvalue weighted by Crippen LogP contribution is -1.85. The minimum atomic E-state index is 0.586. The molecule has 0 aromatic rings. The van der Waals surface area contributed by atoms with Crippen molar-refractivity contribution in [3.05, 3.63) is 49.3 Å². The summed E-state index contributed by atoms with van der Waals surface area (Å²) in [5.74, 6) is 0.586. The van der Waals surface area contributed by atoms with E-state index in [1.165, 1.54) is 7.11 Å². The van der Waals surface area contributed by atoms with Crippen molar-refractivity contribution in [1.82, 2.24) is 0 Å². The Morgan fingerprint density at radius 2 is 2.00 bits per heavy atom. The van der Waals surface area contributed by atoms with Crippen LogP contribution in [0.25, 0.3) is 0 Å². The Hall–Kier alpha value is -1.28. The van der Waals surface area contributed by atoms with Crippen LogP contribution < -0.4 is 0 Å². The van der Waals surface area contributed by atoms with E-state index in [2.05, 4.69) is 18.0 Å². The summed E-state index contributed by atoms with van der Waals surface area (Å²) in [5, 5.41) is 0. The topological polar surface area (TPSA) is 18.5 Å². The average molecular weight is 152 g/mol. The van der Waals surface area contributed by atoms with E-state index in [-0.39, 0.29) is 0 Å². The molecule has 0 saturated heterocycles. The smallest absolute Gasteiger partial charge is 0.165 e. The standard InChI is InChI=1S/C9H12O2/c1-4-6-8-9(7-5-2)11-10-3/h4-8H,1-2H2,3H3/b8-6-,9-7+. The van der Waals surface area contributed by atoms with Gasteiger partial charge in [-0.2, -0.15) is 4.89 Å². The summed E-state index contributed by atoms with van der Waals surface area (Å²) in [5.41, 5.74) is 0. The molecule has 0 aliphatic carbocycles. The predicted octanol–water partition coefficient (Wildman–Crippen LogP) is 2.38. The van der Waals surface area contributed by atoms with Gasteiger partial charge in [0.2, 0.25) is 0 Å². The largest absolute Gasteiger partial charge is 0.338 e. The minimum absolute atomic E-state index is 0.586. The lowest BCUT2D eigenvalue weighted by molar-refractivity contribution is -0.232. The third-order valence-electron chi connectivity index (χ3n) is 0.858. The Morgan fingerprint density at radius 1 is 1.27 bits per heavy atom. The quantitative estimate of drug-likeness (QED) is 0.260. The summed E-state index contributed by atoms with van der Waals surface area (Å²) < 4.78 is 0. The van der Waals surface area contributed by atoms with Gasteiger partial charge in [0.1, 0.15) is 0 Å². The van der Waals surface area contributed by atoms with E-state index in [0.29, 0.717) is 5.76 Å². The maximum atomic E-state index is 4.74. The van der Waals surface area contributed by atoms with Crippen molar-refractivity contribution in [1.29, 1.82) is 0 Å². The third kappa shape index (κ3) is 5.18. The van der Waals surface area contributed by atoms with Gasteiger partial charge in [-0.1, -0.05) is 31.4 Å². The molecule has 0 rings (SSSR count). The van der Waals surface area contributed by atoms with Gasteiger partial charge in [-0.3, -0.25) is 0 Å². The summed E-state index contributed by atoms with van der Waals surface area (Å²) in [4.78, 5) is 9.19. The minimum Gasteiger partial charge on any atom is -0.338 e. The Kier molecular flexibility index (Phi) is 6.04. The van der Waals surface area contributed by atoms with Crippen LogP contribution in [0, 0.1) is 0 Å². The molecule has 0 radical (unpaired) electrons. The van der Waals surface area contributed by atoms with Crippen molar-refractivity contribution < 1.29 is 9.78 Å². The highest BCUT2D eigenvalue weighted by molar-refractivity contribution is 5.19. The second-order valence-electron chi connectivity index (χ2n) is 1.65. The highest BCUT2D eigenvalue weighted by Gasteiger charge is 1.87. The molecule has 0 aliphatic rings. The monoisotopic (exact) mass is 152 g/mol. The van der Waals surface area contributed by atoms with Gasteiger partial charge in [0.15, 0.2) is 5.76 Å². The zero-order valence-electron chi connectivity index (χ0n) is 6.62. The molecule has 2 heteroatoms. The first-order valence-electron chi connectivity index (χ1n) is 3.17. The van der Waals surface area contributed by atoms with Crippen LogP contribution in [0.3, 0.4) is 0 Å². The molecule has 0 N–H and O–H groups in total. The van der Waals surface area contributed by atoms with E-state index in [0.717, 1.165) is 0 Å². The molecule has 0 aliphatic heterocycles. The molecule has 0 spiro atoms. The van der Waals surface area contributed by atoms with Crippen LogP contribution in [-0.4, -0.2) is 7.11 Å². The van der Waals surface area contributed by atoms with Crippen LogP contribution in [-0.2, 0) is 9.78 Å². The Balaban J connectivity index is 4.09. The molecule has 0 amide bonds. The molecule has 0 aromatic heterocycles. The van der Waals surface area contributed by atoms with Gasteiger partial charge in [0.05, 0.1) is 7.11 Å². The fraction of sp³-hybridized carbons (Fsp3) is 0.111. The van der Waals surface area contributed by atoms with Crippen molar-refractivity contribution >= 4 is 0 Å². The average Bonchev–Trinajstić information content (AvgIpc) is 2.01. The van der Waals surface area contributed by atoms with Crippen molar-refractivity contribution in [2.45, 2.75) is 0 Å². The fourth-order valence-corrected chi connectivity index (χ4v) is 0.486. The molecule has 0 atom stereocenters. The van der Waals surface area contributed by atoms with Crippen LogP contribution in [0.1, 0.15) is 0 Å². The number of hydrogen-bond acceptors (Lipinski definition) is 2. The second-order valence-corrected chi connectivity index (χ2v) is 1.65. The molecule has 0 aromatic carbocycles. The van der Waals surface area contributed by atoms with Gasteiger partial charge in [0.25, 0.3) is 0 Å². The summed E-state index contributed by atoms with van der Waals surface area (Å²) in [7, 11) is 1.44. The lowest BCUT2D eigenvalue weighted by Gasteiger charge is -1.98. The van der Waals surface area contributed by atoms with E-state index in [1.807, 2.05) is 0 Å². The Labute approximate surface area is 67.1 Å². The Bertz CT molecular complexity index is 178. The van der Waals surface area contributed by atoms with Crippen molar-refractivity contribution in [2.75, 3.05) is 7.11 Å². The zero-order valence-corrected chi connectivity index (χ0v) is 6.62. The van der Waals surface area contributed by atoms with Crippen LogP contribution in [0.4, 0.5) is 0 Å². The van der Waals surface area contributed by atoms with Gasteiger partial charge in [-0.05, 0) is 12.2 Å². The molecular formula is C9H12O2. The van der Waals surface area contributed by atoms with Crippen molar-refractivity contribution in [2.24, 2.45) is 0 Å². The Morgan fingerprint density at radius 3 is 2.45 bits per heavy atom. The van der Waals surface area contributed by atoms with Crippen LogP contribution in [0.15, 0.2) is 49.3 Å². The predicted molar refractivity (Wildman–Crippen MR) is 45.7 cm³/mol. The lowest BCUT2D eigenvalue weighted by atomic mass is 10.4. The van der Waals surface area contributed by atoms with Gasteiger partial charge in [-0.25, -0.2) is 0 Å². The first-order valence-corrected chi connectivity index (χ1v) is 3.17. The van der Waals surface area contributed by atoms with E-state index in [4.69, 9.17) is 4.89 Å². The van der Waals surface area contributed by atoms with Gasteiger partial charge >= 0.3 is 0 Å². The van der Waals surface area contributed by atoms with Crippen LogP contribution in [0.5, 0.6) is 0 Å². The molecule has 0 bridgehead atoms. The van der Waals surface area contributed by atoms with E-state index >= 15 is 0 Å². The van der Waals surface area contributed by atoms with Crippen LogP contribution in [0.2, 0.25) is 0 Å². The van der Waals surface area contributed by atoms with Gasteiger partial charge < -0.3 is 4.89 Å². The summed E-state index contributed by atoms with van der Waals surface area (Å²) in [6.45, 7) is 7.04. The van der Waals surface area contributed by atoms with E-state index in [9.17, 15) is 0 Å². The molecule has 0 unspecified atom stereocenters. The third-order valence-corrected chi connectivity index (χ3v) is 0.858. The van der Waals surface area contributed by atoms with Crippen LogP contribution >= 0.6 is 0 Å². The molecule has 60 valence electrons. The molecule has 0 heterocycles. The van der Waals surface area contributed by atoms with Gasteiger partial charge in [-0.15, -0.1) is 0 Å². The molecule has 0 saturated carbocycles. The van der Waals surface area contributed by atoms with E-state index in [1.54, 1.807) is 30.4 Å². The maximum absolute atomic E-state index is 4.74. The highest BCUT2D eigenvalue weighted by atomic mass is 17.2. The fourth-order valence-electron chi connectivity index (χ4n) is 0.486. The summed E-state index contributed by atoms with van der Waals surface area (Å²) >= 11 is 0. The first kappa shape index (κ1) is 9.72. The molecule has 2 nitrogen and oxygen atoms in total. The molecular weight excluding hydrogens is 140 g/mol. The van der Waals surface area contributed by atoms with Gasteiger partial charge in [0, 0.05) is 0 Å². The second kappa shape index (κ2) is 6.83. The van der Waals surface area contributed by atoms with E-state index < -0.39 is 0 Å². The number of rotatable bonds is 5. The first-order chi connectivity index (χ1) is 5.35.